The van der Waals surface area contributed by atoms with Gasteiger partial charge in [0.05, 0.1) is 17.8 Å². The van der Waals surface area contributed by atoms with Gasteiger partial charge in [-0.25, -0.2) is 0 Å². The first-order valence-corrected chi connectivity index (χ1v) is 6.95. The number of carbonyl (C=O) groups is 2. The molecule has 24 heavy (non-hydrogen) atoms. The van der Waals surface area contributed by atoms with E-state index in [1.807, 2.05) is 0 Å². The highest BCUT2D eigenvalue weighted by Gasteiger charge is 2.54. The number of anilines is 1. The molecule has 0 saturated heterocycles. The third-order valence-corrected chi connectivity index (χ3v) is 3.61. The fourth-order valence-corrected chi connectivity index (χ4v) is 2.29. The lowest BCUT2D eigenvalue weighted by atomic mass is 10.1. The van der Waals surface area contributed by atoms with E-state index >= 15 is 0 Å². The van der Waals surface area contributed by atoms with Crippen molar-refractivity contribution in [2.24, 2.45) is 5.92 Å². The van der Waals surface area contributed by atoms with Crippen LogP contribution >= 0.6 is 0 Å². The molecule has 1 saturated carbocycles. The highest BCUT2D eigenvalue weighted by molar-refractivity contribution is 5.95. The minimum absolute atomic E-state index is 0.106. The Morgan fingerprint density at radius 3 is 2.54 bits per heavy atom. The van der Waals surface area contributed by atoms with Crippen molar-refractivity contribution in [2.75, 3.05) is 18.9 Å². The summed E-state index contributed by atoms with van der Waals surface area (Å²) in [6, 6.07) is 3.52. The second-order valence-corrected chi connectivity index (χ2v) is 5.48. The molecule has 0 spiro atoms. The van der Waals surface area contributed by atoms with Gasteiger partial charge in [0.1, 0.15) is 5.92 Å². The van der Waals surface area contributed by atoms with E-state index in [9.17, 15) is 32.9 Å². The van der Waals surface area contributed by atoms with Gasteiger partial charge < -0.3 is 10.2 Å². The lowest BCUT2D eigenvalue weighted by molar-refractivity contribution is -0.497. The Morgan fingerprint density at radius 1 is 1.38 bits per heavy atom. The molecule has 0 aliphatic heterocycles. The molecule has 0 unspecified atom stereocenters. The first kappa shape index (κ1) is 17.7. The van der Waals surface area contributed by atoms with Gasteiger partial charge in [-0.15, -0.1) is 0 Å². The largest absolute Gasteiger partial charge is 0.418 e. The Morgan fingerprint density at radius 2 is 2.00 bits per heavy atom. The maximum Gasteiger partial charge on any atom is 0.418 e. The fraction of sp³-hybridized carbons (Fsp3) is 0.429. The van der Waals surface area contributed by atoms with E-state index in [0.29, 0.717) is 0 Å². The smallest absolute Gasteiger partial charge is 0.336 e. The summed E-state index contributed by atoms with van der Waals surface area (Å²) in [7, 11) is 1.27. The quantitative estimate of drug-likeness (QED) is 0.650. The van der Waals surface area contributed by atoms with E-state index in [2.05, 4.69) is 5.32 Å². The second-order valence-electron chi connectivity index (χ2n) is 5.48. The molecule has 1 aromatic rings. The van der Waals surface area contributed by atoms with Crippen LogP contribution in [0.4, 0.5) is 18.9 Å². The summed E-state index contributed by atoms with van der Waals surface area (Å²) in [6.07, 6.45) is -4.52. The lowest BCUT2D eigenvalue weighted by Gasteiger charge is -2.18. The van der Waals surface area contributed by atoms with Crippen molar-refractivity contribution in [3.63, 3.8) is 0 Å². The minimum Gasteiger partial charge on any atom is -0.336 e. The number of halogens is 3. The van der Waals surface area contributed by atoms with Gasteiger partial charge in [0.15, 0.2) is 0 Å². The monoisotopic (exact) mass is 345 g/mol. The van der Waals surface area contributed by atoms with Crippen LogP contribution in [0.25, 0.3) is 0 Å². The number of hydrogen-bond acceptors (Lipinski definition) is 4. The second kappa shape index (κ2) is 6.46. The van der Waals surface area contributed by atoms with Crippen LogP contribution in [0.2, 0.25) is 0 Å². The van der Waals surface area contributed by atoms with Crippen LogP contribution in [0.1, 0.15) is 12.0 Å². The fourth-order valence-electron chi connectivity index (χ4n) is 2.29. The van der Waals surface area contributed by atoms with Gasteiger partial charge in [0.2, 0.25) is 17.9 Å². The summed E-state index contributed by atoms with van der Waals surface area (Å²) < 4.78 is 38.5. The topological polar surface area (TPSA) is 92.6 Å². The molecular weight excluding hydrogens is 331 g/mol. The van der Waals surface area contributed by atoms with Gasteiger partial charge in [-0.05, 0) is 12.1 Å². The number of nitro groups is 1. The number of amides is 2. The molecule has 0 aromatic heterocycles. The van der Waals surface area contributed by atoms with E-state index in [-0.39, 0.29) is 6.42 Å². The molecule has 0 bridgehead atoms. The Bertz CT molecular complexity index is 677. The van der Waals surface area contributed by atoms with Crippen LogP contribution in [-0.2, 0) is 15.8 Å². The normalized spacial score (nSPS) is 19.5. The van der Waals surface area contributed by atoms with Gasteiger partial charge in [-0.1, -0.05) is 12.1 Å². The predicted octanol–water partition coefficient (Wildman–Crippen LogP) is 1.77. The summed E-state index contributed by atoms with van der Waals surface area (Å²) in [6.45, 7) is -0.494. The van der Waals surface area contributed by atoms with Gasteiger partial charge in [-0.2, -0.15) is 13.2 Å². The number of nitrogens with one attached hydrogen (secondary N) is 1. The van der Waals surface area contributed by atoms with E-state index in [4.69, 9.17) is 0 Å². The predicted molar refractivity (Wildman–Crippen MR) is 76.6 cm³/mol. The average Bonchev–Trinajstić information content (AvgIpc) is 3.26. The molecule has 0 heterocycles. The van der Waals surface area contributed by atoms with Crippen molar-refractivity contribution < 1.29 is 27.7 Å². The Labute approximate surface area is 134 Å². The zero-order chi connectivity index (χ0) is 18.1. The van der Waals surface area contributed by atoms with Crippen molar-refractivity contribution in [1.82, 2.24) is 4.90 Å². The third kappa shape index (κ3) is 4.00. The van der Waals surface area contributed by atoms with Crippen LogP contribution in [-0.4, -0.2) is 41.3 Å². The zero-order valence-electron chi connectivity index (χ0n) is 12.5. The lowest BCUT2D eigenvalue weighted by Crippen LogP contribution is -2.37. The highest BCUT2D eigenvalue weighted by Crippen LogP contribution is 2.35. The Balaban J connectivity index is 1.97. The maximum atomic E-state index is 12.8. The van der Waals surface area contributed by atoms with E-state index in [1.165, 1.54) is 19.2 Å². The third-order valence-electron chi connectivity index (χ3n) is 3.61. The number of likely N-dealkylation sites (N-methyl/N-ethyl adjacent to an activating group) is 1. The molecule has 1 aliphatic carbocycles. The van der Waals surface area contributed by atoms with Gasteiger partial charge >= 0.3 is 6.18 Å². The number of carbonyl (C=O) groups excluding carboxylic acids is 2. The van der Waals surface area contributed by atoms with Crippen LogP contribution in [0.5, 0.6) is 0 Å². The van der Waals surface area contributed by atoms with E-state index < -0.39 is 52.7 Å². The summed E-state index contributed by atoms with van der Waals surface area (Å²) in [5.74, 6) is -2.17. The molecule has 1 N–H and O–H groups in total. The van der Waals surface area contributed by atoms with Crippen molar-refractivity contribution >= 4 is 17.5 Å². The molecule has 0 radical (unpaired) electrons. The Kier molecular flexibility index (Phi) is 4.76. The van der Waals surface area contributed by atoms with Crippen LogP contribution in [0, 0.1) is 16.0 Å². The summed E-state index contributed by atoms with van der Waals surface area (Å²) >= 11 is 0. The molecule has 2 rings (SSSR count). The molecule has 130 valence electrons. The SMILES string of the molecule is CN(CC(=O)Nc1ccccc1C(F)(F)F)C(=O)[C@H]1C[C@@H]1[N+](=O)[O-]. The van der Waals surface area contributed by atoms with Crippen LogP contribution in [0.15, 0.2) is 24.3 Å². The average molecular weight is 345 g/mol. The zero-order valence-corrected chi connectivity index (χ0v) is 12.5. The van der Waals surface area contributed by atoms with Crippen molar-refractivity contribution in [3.05, 3.63) is 39.9 Å². The maximum absolute atomic E-state index is 12.8. The number of benzene rings is 1. The van der Waals surface area contributed by atoms with Crippen molar-refractivity contribution in [2.45, 2.75) is 18.6 Å². The molecule has 7 nitrogen and oxygen atoms in total. The number of rotatable bonds is 5. The standard InChI is InChI=1S/C14H14F3N3O4/c1-19(13(22)8-6-11(8)20(23)24)7-12(21)18-10-5-3-2-4-9(10)14(15,16)17/h2-5,8,11H,6-7H2,1H3,(H,18,21)/t8-,11-/m0/s1. The van der Waals surface area contributed by atoms with E-state index in [1.54, 1.807) is 0 Å². The van der Waals surface area contributed by atoms with Crippen molar-refractivity contribution in [3.8, 4) is 0 Å². The summed E-state index contributed by atoms with van der Waals surface area (Å²) in [5, 5.41) is 12.7. The Hall–Kier alpha value is -2.65. The van der Waals surface area contributed by atoms with Gasteiger partial charge in [-0.3, -0.25) is 19.7 Å². The van der Waals surface area contributed by atoms with Gasteiger partial charge in [0, 0.05) is 18.4 Å². The van der Waals surface area contributed by atoms with Gasteiger partial charge in [0.25, 0.3) is 0 Å². The van der Waals surface area contributed by atoms with Crippen molar-refractivity contribution in [1.29, 1.82) is 0 Å². The summed E-state index contributed by atoms with van der Waals surface area (Å²) in [4.78, 5) is 34.7. The van der Waals surface area contributed by atoms with E-state index in [0.717, 1.165) is 17.0 Å². The number of para-hydroxylation sites is 1. The molecule has 1 aliphatic rings. The molecule has 1 aromatic carbocycles. The first-order valence-electron chi connectivity index (χ1n) is 6.95. The highest BCUT2D eigenvalue weighted by atomic mass is 19.4. The first-order chi connectivity index (χ1) is 11.1. The number of hydrogen-bond donors (Lipinski definition) is 1. The van der Waals surface area contributed by atoms with Crippen LogP contribution in [0.3, 0.4) is 0 Å². The minimum atomic E-state index is -4.63. The summed E-state index contributed by atoms with van der Waals surface area (Å²) in [5.41, 5.74) is -1.41. The molecular formula is C14H14F3N3O4. The van der Waals surface area contributed by atoms with Crippen LogP contribution < -0.4 is 5.32 Å². The molecule has 2 atom stereocenters. The molecule has 2 amide bonds. The molecule has 1 fully saturated rings. The number of alkyl halides is 3. The molecule has 10 heteroatoms. The number of nitrogens with zero attached hydrogens (tertiary/aromatic N) is 2.